The minimum absolute atomic E-state index is 0.260. The van der Waals surface area contributed by atoms with Crippen LogP contribution in [0.3, 0.4) is 0 Å². The third-order valence-corrected chi connectivity index (χ3v) is 6.76. The summed E-state index contributed by atoms with van der Waals surface area (Å²) in [4.78, 5) is 2.72. The molecule has 1 unspecified atom stereocenters. The number of allylic oxidation sites excluding steroid dienone is 1. The molecule has 3 fully saturated rings. The van der Waals surface area contributed by atoms with Gasteiger partial charge in [-0.1, -0.05) is 30.7 Å². The minimum Gasteiger partial charge on any atom is -0.508 e. The Morgan fingerprint density at radius 1 is 1.26 bits per heavy atom. The normalized spacial score (nSPS) is 32.3. The molecular weight excluding hydrogens is 282 g/mol. The van der Waals surface area contributed by atoms with Crippen LogP contribution in [0.2, 0.25) is 0 Å². The number of piperidine rings is 1. The van der Waals surface area contributed by atoms with Gasteiger partial charge in [-0.2, -0.15) is 0 Å². The number of hydrogen-bond donors (Lipinski definition) is 1. The van der Waals surface area contributed by atoms with E-state index < -0.39 is 0 Å². The quantitative estimate of drug-likeness (QED) is 0.831. The van der Waals surface area contributed by atoms with E-state index in [2.05, 4.69) is 17.5 Å². The second-order valence-electron chi connectivity index (χ2n) is 8.16. The standard InChI is InChI=1S/C21H29NO/c1-16-8-9-21(18-6-3-7-20(23)13-18)10-11-22(15-19(21)12-16)14-17-4-2-5-17/h3,6-7,13,17,19,23H,1-2,4-5,8-12,14-15H2/t19-,21?/m0/s1. The maximum absolute atomic E-state index is 9.97. The van der Waals surface area contributed by atoms with Crippen molar-refractivity contribution in [3.05, 3.63) is 42.0 Å². The molecule has 1 aromatic carbocycles. The summed E-state index contributed by atoms with van der Waals surface area (Å²) in [6, 6.07) is 8.06. The molecule has 2 saturated carbocycles. The number of nitrogens with zero attached hydrogens (tertiary/aromatic N) is 1. The lowest BCUT2D eigenvalue weighted by Crippen LogP contribution is -2.52. The van der Waals surface area contributed by atoms with Crippen molar-refractivity contribution in [2.45, 2.75) is 50.4 Å². The van der Waals surface area contributed by atoms with Crippen molar-refractivity contribution in [1.82, 2.24) is 4.90 Å². The Kier molecular flexibility index (Phi) is 3.96. The minimum atomic E-state index is 0.260. The molecule has 2 aliphatic carbocycles. The van der Waals surface area contributed by atoms with Crippen molar-refractivity contribution in [3.63, 3.8) is 0 Å². The van der Waals surface area contributed by atoms with Crippen LogP contribution in [0.15, 0.2) is 36.4 Å². The molecule has 0 bridgehead atoms. The van der Waals surface area contributed by atoms with Crippen LogP contribution in [0.1, 0.15) is 50.5 Å². The van der Waals surface area contributed by atoms with Crippen LogP contribution in [-0.2, 0) is 5.41 Å². The Labute approximate surface area is 140 Å². The van der Waals surface area contributed by atoms with Crippen LogP contribution in [0.4, 0.5) is 0 Å². The van der Waals surface area contributed by atoms with Crippen molar-refractivity contribution in [3.8, 4) is 5.75 Å². The first kappa shape index (κ1) is 15.3. The highest BCUT2D eigenvalue weighted by Crippen LogP contribution is 2.50. The zero-order chi connectivity index (χ0) is 15.9. The Morgan fingerprint density at radius 3 is 2.87 bits per heavy atom. The van der Waals surface area contributed by atoms with E-state index in [9.17, 15) is 5.11 Å². The van der Waals surface area contributed by atoms with Gasteiger partial charge in [0.15, 0.2) is 0 Å². The Morgan fingerprint density at radius 2 is 2.13 bits per heavy atom. The summed E-state index contributed by atoms with van der Waals surface area (Å²) >= 11 is 0. The summed E-state index contributed by atoms with van der Waals surface area (Å²) in [6.07, 6.45) is 9.06. The number of phenols is 1. The van der Waals surface area contributed by atoms with Crippen LogP contribution in [-0.4, -0.2) is 29.6 Å². The fourth-order valence-electron chi connectivity index (χ4n) is 5.13. The summed E-state index contributed by atoms with van der Waals surface area (Å²) in [5, 5.41) is 9.97. The van der Waals surface area contributed by atoms with Crippen LogP contribution in [0.5, 0.6) is 5.75 Å². The summed E-state index contributed by atoms with van der Waals surface area (Å²) in [7, 11) is 0. The van der Waals surface area contributed by atoms with Crippen molar-refractivity contribution < 1.29 is 5.11 Å². The van der Waals surface area contributed by atoms with E-state index in [1.165, 1.54) is 62.9 Å². The van der Waals surface area contributed by atoms with Gasteiger partial charge in [0, 0.05) is 18.5 Å². The lowest BCUT2D eigenvalue weighted by atomic mass is 9.58. The second-order valence-corrected chi connectivity index (χ2v) is 8.16. The molecule has 124 valence electrons. The zero-order valence-corrected chi connectivity index (χ0v) is 14.1. The van der Waals surface area contributed by atoms with E-state index in [0.29, 0.717) is 11.7 Å². The summed E-state index contributed by atoms with van der Waals surface area (Å²) in [5.74, 6) is 2.03. The summed E-state index contributed by atoms with van der Waals surface area (Å²) in [5.41, 5.74) is 3.05. The van der Waals surface area contributed by atoms with Crippen molar-refractivity contribution >= 4 is 0 Å². The lowest BCUT2D eigenvalue weighted by molar-refractivity contribution is 0.0510. The zero-order valence-electron chi connectivity index (χ0n) is 14.1. The number of fused-ring (bicyclic) bond motifs is 1. The molecule has 0 radical (unpaired) electrons. The molecule has 3 aliphatic rings. The second kappa shape index (κ2) is 5.98. The van der Waals surface area contributed by atoms with E-state index in [0.717, 1.165) is 18.8 Å². The van der Waals surface area contributed by atoms with Gasteiger partial charge in [-0.25, -0.2) is 0 Å². The van der Waals surface area contributed by atoms with Gasteiger partial charge in [-0.05, 0) is 74.6 Å². The summed E-state index contributed by atoms with van der Waals surface area (Å²) in [6.45, 7) is 8.03. The third kappa shape index (κ3) is 2.82. The van der Waals surface area contributed by atoms with Crippen LogP contribution >= 0.6 is 0 Å². The largest absolute Gasteiger partial charge is 0.508 e. The first-order valence-corrected chi connectivity index (χ1v) is 9.34. The lowest BCUT2D eigenvalue weighted by Gasteiger charge is -2.52. The molecule has 2 heteroatoms. The molecule has 1 N–H and O–H groups in total. The van der Waals surface area contributed by atoms with Crippen molar-refractivity contribution in [2.24, 2.45) is 11.8 Å². The van der Waals surface area contributed by atoms with Gasteiger partial charge in [0.2, 0.25) is 0 Å². The average molecular weight is 311 g/mol. The van der Waals surface area contributed by atoms with Gasteiger partial charge < -0.3 is 10.0 Å². The van der Waals surface area contributed by atoms with Gasteiger partial charge >= 0.3 is 0 Å². The maximum atomic E-state index is 9.97. The molecule has 2 nitrogen and oxygen atoms in total. The fraction of sp³-hybridized carbons (Fsp3) is 0.619. The highest BCUT2D eigenvalue weighted by Gasteiger charge is 2.46. The molecule has 0 amide bonds. The van der Waals surface area contributed by atoms with Crippen LogP contribution in [0, 0.1) is 11.8 Å². The van der Waals surface area contributed by atoms with Crippen LogP contribution < -0.4 is 0 Å². The number of likely N-dealkylation sites (tertiary alicyclic amines) is 1. The Bertz CT molecular complexity index is 591. The number of aromatic hydroxyl groups is 1. The molecule has 1 aromatic rings. The van der Waals surface area contributed by atoms with Gasteiger partial charge in [-0.15, -0.1) is 0 Å². The molecule has 1 saturated heterocycles. The monoisotopic (exact) mass is 311 g/mol. The van der Waals surface area contributed by atoms with Crippen molar-refractivity contribution in [2.75, 3.05) is 19.6 Å². The SMILES string of the molecule is C=C1CCC2(c3cccc(O)c3)CCN(CC3CCC3)C[C@@H]2C1. The average Bonchev–Trinajstić information content (AvgIpc) is 2.51. The fourth-order valence-corrected chi connectivity index (χ4v) is 5.13. The van der Waals surface area contributed by atoms with Gasteiger partial charge in [0.25, 0.3) is 0 Å². The van der Waals surface area contributed by atoms with Gasteiger partial charge in [0.05, 0.1) is 0 Å². The summed E-state index contributed by atoms with van der Waals surface area (Å²) < 4.78 is 0. The van der Waals surface area contributed by atoms with Crippen molar-refractivity contribution in [1.29, 1.82) is 0 Å². The molecule has 2 atom stereocenters. The molecular formula is C21H29NO. The molecule has 1 aliphatic heterocycles. The predicted molar refractivity (Wildman–Crippen MR) is 94.7 cm³/mol. The molecule has 23 heavy (non-hydrogen) atoms. The topological polar surface area (TPSA) is 23.5 Å². The molecule has 1 heterocycles. The Balaban J connectivity index is 1.58. The van der Waals surface area contributed by atoms with Gasteiger partial charge in [-0.3, -0.25) is 0 Å². The molecule has 4 rings (SSSR count). The Hall–Kier alpha value is -1.28. The first-order valence-electron chi connectivity index (χ1n) is 9.34. The van der Waals surface area contributed by atoms with E-state index in [1.54, 1.807) is 6.07 Å². The number of hydrogen-bond acceptors (Lipinski definition) is 2. The molecule has 0 spiro atoms. The highest BCUT2D eigenvalue weighted by molar-refractivity contribution is 5.36. The van der Waals surface area contributed by atoms with E-state index in [1.807, 2.05) is 12.1 Å². The number of phenolic OH excluding ortho intramolecular Hbond substituents is 1. The van der Waals surface area contributed by atoms with E-state index in [4.69, 9.17) is 0 Å². The highest BCUT2D eigenvalue weighted by atomic mass is 16.3. The first-order chi connectivity index (χ1) is 11.2. The molecule has 0 aromatic heterocycles. The van der Waals surface area contributed by atoms with E-state index in [-0.39, 0.29) is 5.41 Å². The third-order valence-electron chi connectivity index (χ3n) is 6.76. The van der Waals surface area contributed by atoms with Gasteiger partial charge in [0.1, 0.15) is 5.75 Å². The maximum Gasteiger partial charge on any atom is 0.115 e. The predicted octanol–water partition coefficient (Wildman–Crippen LogP) is 4.49. The number of rotatable bonds is 3. The number of benzene rings is 1. The van der Waals surface area contributed by atoms with E-state index >= 15 is 0 Å². The van der Waals surface area contributed by atoms with Crippen LogP contribution in [0.25, 0.3) is 0 Å². The smallest absolute Gasteiger partial charge is 0.115 e.